The summed E-state index contributed by atoms with van der Waals surface area (Å²) in [5, 5.41) is 17.7. The molecule has 0 rings (SSSR count). The highest BCUT2D eigenvalue weighted by Crippen LogP contribution is 2.16. The van der Waals surface area contributed by atoms with Crippen LogP contribution in [-0.2, 0) is 9.59 Å². The van der Waals surface area contributed by atoms with Crippen molar-refractivity contribution in [1.29, 1.82) is 0 Å². The molecule has 4 nitrogen and oxygen atoms in total. The van der Waals surface area contributed by atoms with E-state index >= 15 is 0 Å². The van der Waals surface area contributed by atoms with Crippen molar-refractivity contribution >= 4 is 11.9 Å². The number of hydrogen-bond donors (Lipinski definition) is 2. The number of carboxylic acids is 2. The molecule has 0 radical (unpaired) electrons. The number of hydrogen-bond acceptors (Lipinski definition) is 2. The summed E-state index contributed by atoms with van der Waals surface area (Å²) < 4.78 is 0. The van der Waals surface area contributed by atoms with E-state index in [1.165, 1.54) is 147 Å². The maximum atomic E-state index is 11.0. The van der Waals surface area contributed by atoms with Crippen molar-refractivity contribution in [3.63, 3.8) is 0 Å². The van der Waals surface area contributed by atoms with Gasteiger partial charge in [0.05, 0.1) is 12.3 Å². The third-order valence-electron chi connectivity index (χ3n) is 7.05. The molecule has 0 spiro atoms. The Morgan fingerprint density at radius 2 is 0.857 bits per heavy atom. The topological polar surface area (TPSA) is 74.6 Å². The Bertz CT molecular complexity index is 500. The predicted molar refractivity (Wildman–Crippen MR) is 149 cm³/mol. The van der Waals surface area contributed by atoms with Crippen molar-refractivity contribution in [1.82, 2.24) is 0 Å². The van der Waals surface area contributed by atoms with Gasteiger partial charge in [-0.3, -0.25) is 9.59 Å². The van der Waals surface area contributed by atoms with E-state index in [9.17, 15) is 9.59 Å². The molecule has 35 heavy (non-hydrogen) atoms. The molecule has 0 aliphatic carbocycles. The summed E-state index contributed by atoms with van der Waals surface area (Å²) in [5.74, 6) is -3.04. The van der Waals surface area contributed by atoms with E-state index in [0.717, 1.165) is 12.8 Å². The van der Waals surface area contributed by atoms with Crippen LogP contribution in [0, 0.1) is 5.92 Å². The number of rotatable bonds is 28. The molecule has 0 saturated carbocycles. The first kappa shape index (κ1) is 33.7. The fraction of sp³-hybridized carbons (Fsp3) is 0.871. The van der Waals surface area contributed by atoms with Gasteiger partial charge in [0.2, 0.25) is 0 Å². The third-order valence-corrected chi connectivity index (χ3v) is 7.05. The second-order valence-electron chi connectivity index (χ2n) is 10.5. The number of unbranched alkanes of at least 4 members (excludes halogenated alkanes) is 23. The zero-order valence-corrected chi connectivity index (χ0v) is 23.1. The lowest BCUT2D eigenvalue weighted by molar-refractivity contribution is -0.146. The van der Waals surface area contributed by atoms with Gasteiger partial charge in [-0.2, -0.15) is 0 Å². The lowest BCUT2D eigenvalue weighted by atomic mass is 10.0. The molecule has 0 saturated heterocycles. The highest BCUT2D eigenvalue weighted by Gasteiger charge is 2.17. The molecule has 1 atom stereocenters. The maximum absolute atomic E-state index is 11.0. The van der Waals surface area contributed by atoms with Gasteiger partial charge < -0.3 is 10.2 Å². The van der Waals surface area contributed by atoms with Gasteiger partial charge in [-0.25, -0.2) is 0 Å². The monoisotopic (exact) mass is 494 g/mol. The van der Waals surface area contributed by atoms with Crippen LogP contribution in [0.3, 0.4) is 0 Å². The Morgan fingerprint density at radius 1 is 0.543 bits per heavy atom. The Hall–Kier alpha value is -1.32. The van der Waals surface area contributed by atoms with Crippen molar-refractivity contribution < 1.29 is 19.8 Å². The molecule has 0 aliphatic heterocycles. The maximum Gasteiger partial charge on any atom is 0.310 e. The summed E-state index contributed by atoms with van der Waals surface area (Å²) >= 11 is 0. The summed E-state index contributed by atoms with van der Waals surface area (Å²) in [6, 6.07) is 0. The lowest BCUT2D eigenvalue weighted by Crippen LogP contribution is -2.15. The molecule has 0 amide bonds. The van der Waals surface area contributed by atoms with Crippen LogP contribution < -0.4 is 0 Å². The van der Waals surface area contributed by atoms with E-state index < -0.39 is 17.9 Å². The third kappa shape index (κ3) is 27.1. The molecule has 2 N–H and O–H groups in total. The second kappa shape index (κ2) is 27.3. The highest BCUT2D eigenvalue weighted by molar-refractivity contribution is 5.79. The van der Waals surface area contributed by atoms with E-state index in [1.54, 1.807) is 0 Å². The second-order valence-corrected chi connectivity index (χ2v) is 10.5. The predicted octanol–water partition coefficient (Wildman–Crippen LogP) is 10.1. The van der Waals surface area contributed by atoms with Gasteiger partial charge in [-0.15, -0.1) is 0 Å². The smallest absolute Gasteiger partial charge is 0.310 e. The zero-order chi connectivity index (χ0) is 25.8. The van der Waals surface area contributed by atoms with Gasteiger partial charge in [0.25, 0.3) is 0 Å². The Morgan fingerprint density at radius 3 is 1.14 bits per heavy atom. The van der Waals surface area contributed by atoms with Crippen LogP contribution in [0.15, 0.2) is 12.2 Å². The molecule has 0 fully saturated rings. The van der Waals surface area contributed by atoms with Gasteiger partial charge in [0, 0.05) is 0 Å². The first-order valence-corrected chi connectivity index (χ1v) is 15.2. The molecular formula is C31H58O4. The number of aliphatic carboxylic acids is 2. The first-order valence-electron chi connectivity index (χ1n) is 15.2. The molecule has 0 aromatic heterocycles. The highest BCUT2D eigenvalue weighted by atomic mass is 16.4. The minimum atomic E-state index is -1.07. The molecule has 0 heterocycles. The van der Waals surface area contributed by atoms with Crippen LogP contribution in [0.1, 0.15) is 167 Å². The molecule has 206 valence electrons. The molecule has 0 aliphatic rings. The van der Waals surface area contributed by atoms with Crippen LogP contribution in [0.5, 0.6) is 0 Å². The molecule has 0 aromatic rings. The van der Waals surface area contributed by atoms with Crippen molar-refractivity contribution in [3.8, 4) is 0 Å². The Kier molecular flexibility index (Phi) is 26.2. The summed E-state index contributed by atoms with van der Waals surface area (Å²) in [6.07, 6.45) is 35.5. The molecule has 4 heteroatoms. The van der Waals surface area contributed by atoms with Crippen LogP contribution in [-0.4, -0.2) is 22.2 Å². The average molecular weight is 495 g/mol. The van der Waals surface area contributed by atoms with Gasteiger partial charge in [-0.1, -0.05) is 160 Å². The largest absolute Gasteiger partial charge is 0.481 e. The van der Waals surface area contributed by atoms with Gasteiger partial charge in [-0.05, 0) is 12.8 Å². The summed E-state index contributed by atoms with van der Waals surface area (Å²) in [7, 11) is 0. The standard InChI is InChI=1S/C31H58O4/c1-2-3-4-5-6-7-8-9-10-11-12-13-14-15-16-17-18-19-20-21-22-23-24-25-26-27-29(31(34)35)28-30(32)33/h26-27,29H,2-25,28H2,1H3,(H,32,33)(H,34,35)/b27-26+. The minimum absolute atomic E-state index is 0.342. The normalized spacial score (nSPS) is 12.4. The van der Waals surface area contributed by atoms with E-state index in [4.69, 9.17) is 10.2 Å². The van der Waals surface area contributed by atoms with Crippen LogP contribution in [0.25, 0.3) is 0 Å². The lowest BCUT2D eigenvalue weighted by Gasteiger charge is -2.04. The fourth-order valence-electron chi connectivity index (χ4n) is 4.73. The molecular weight excluding hydrogens is 436 g/mol. The SMILES string of the molecule is CCCCCCCCCCCCCCCCCCCCCCCCC/C=C/C(CC(=O)O)C(=O)O. The first-order chi connectivity index (χ1) is 17.1. The fourth-order valence-corrected chi connectivity index (χ4v) is 4.73. The van der Waals surface area contributed by atoms with Crippen LogP contribution in [0.4, 0.5) is 0 Å². The summed E-state index contributed by atoms with van der Waals surface area (Å²) in [4.78, 5) is 21.6. The molecule has 0 aromatic carbocycles. The van der Waals surface area contributed by atoms with Crippen molar-refractivity contribution in [2.45, 2.75) is 167 Å². The summed E-state index contributed by atoms with van der Waals surface area (Å²) in [5.41, 5.74) is 0. The molecule has 0 bridgehead atoms. The van der Waals surface area contributed by atoms with Gasteiger partial charge in [0.1, 0.15) is 0 Å². The quantitative estimate of drug-likeness (QED) is 0.0838. The Balaban J connectivity index is 3.23. The Labute approximate surface area is 217 Å². The van der Waals surface area contributed by atoms with Crippen LogP contribution in [0.2, 0.25) is 0 Å². The van der Waals surface area contributed by atoms with Crippen molar-refractivity contribution in [2.24, 2.45) is 5.92 Å². The van der Waals surface area contributed by atoms with Crippen molar-refractivity contribution in [3.05, 3.63) is 12.2 Å². The number of carboxylic acid groups (broad SMARTS) is 2. The van der Waals surface area contributed by atoms with E-state index in [2.05, 4.69) is 6.92 Å². The number of carbonyl (C=O) groups is 2. The average Bonchev–Trinajstić information content (AvgIpc) is 2.83. The molecule has 1 unspecified atom stereocenters. The van der Waals surface area contributed by atoms with E-state index in [1.807, 2.05) is 6.08 Å². The van der Waals surface area contributed by atoms with Crippen LogP contribution >= 0.6 is 0 Å². The number of allylic oxidation sites excluding steroid dienone is 1. The van der Waals surface area contributed by atoms with Gasteiger partial charge >= 0.3 is 11.9 Å². The zero-order valence-electron chi connectivity index (χ0n) is 23.1. The van der Waals surface area contributed by atoms with Crippen molar-refractivity contribution in [2.75, 3.05) is 0 Å². The van der Waals surface area contributed by atoms with E-state index in [-0.39, 0.29) is 6.42 Å². The summed E-state index contributed by atoms with van der Waals surface area (Å²) in [6.45, 7) is 2.29. The minimum Gasteiger partial charge on any atom is -0.481 e. The van der Waals surface area contributed by atoms with Gasteiger partial charge in [0.15, 0.2) is 0 Å². The van der Waals surface area contributed by atoms with E-state index in [0.29, 0.717) is 0 Å².